The summed E-state index contributed by atoms with van der Waals surface area (Å²) >= 11 is 0. The Bertz CT molecular complexity index is 628. The van der Waals surface area contributed by atoms with Crippen molar-refractivity contribution in [3.63, 3.8) is 0 Å². The molecule has 7 heteroatoms. The SMILES string of the molecule is O=C(Cc1noc(C2(C(=O)NC3CC3)CCC2)n1)NC1CCCC1. The molecular formula is C17H24N4O3. The Kier molecular flexibility index (Phi) is 4.02. The summed E-state index contributed by atoms with van der Waals surface area (Å²) < 4.78 is 5.36. The van der Waals surface area contributed by atoms with Gasteiger partial charge >= 0.3 is 0 Å². The van der Waals surface area contributed by atoms with E-state index >= 15 is 0 Å². The predicted molar refractivity (Wildman–Crippen MR) is 85.1 cm³/mol. The average Bonchev–Trinajstić information content (AvgIpc) is 2.96. The Balaban J connectivity index is 1.39. The Morgan fingerprint density at radius 1 is 1.04 bits per heavy atom. The monoisotopic (exact) mass is 332 g/mol. The van der Waals surface area contributed by atoms with Crippen molar-refractivity contribution >= 4 is 11.8 Å². The molecule has 1 heterocycles. The van der Waals surface area contributed by atoms with Crippen molar-refractivity contribution in [3.8, 4) is 0 Å². The van der Waals surface area contributed by atoms with Crippen LogP contribution in [-0.4, -0.2) is 34.0 Å². The predicted octanol–water partition coefficient (Wildman–Crippen LogP) is 1.37. The quantitative estimate of drug-likeness (QED) is 0.820. The highest BCUT2D eigenvalue weighted by atomic mass is 16.5. The van der Waals surface area contributed by atoms with E-state index in [2.05, 4.69) is 20.8 Å². The van der Waals surface area contributed by atoms with Gasteiger partial charge in [0.25, 0.3) is 0 Å². The van der Waals surface area contributed by atoms with Gasteiger partial charge < -0.3 is 15.2 Å². The largest absolute Gasteiger partial charge is 0.353 e. The first-order valence-electron chi connectivity index (χ1n) is 9.09. The molecule has 0 unspecified atom stereocenters. The molecule has 0 aliphatic heterocycles. The molecule has 3 saturated carbocycles. The molecule has 7 nitrogen and oxygen atoms in total. The number of nitrogens with one attached hydrogen (secondary N) is 2. The average molecular weight is 332 g/mol. The summed E-state index contributed by atoms with van der Waals surface area (Å²) in [5.41, 5.74) is -0.671. The van der Waals surface area contributed by atoms with Gasteiger partial charge in [-0.2, -0.15) is 4.98 Å². The lowest BCUT2D eigenvalue weighted by Gasteiger charge is -2.36. The lowest BCUT2D eigenvalue weighted by Crippen LogP contribution is -2.50. The van der Waals surface area contributed by atoms with Crippen LogP contribution >= 0.6 is 0 Å². The number of carbonyl (C=O) groups is 2. The number of nitrogens with zero attached hydrogens (tertiary/aromatic N) is 2. The fraction of sp³-hybridized carbons (Fsp3) is 0.765. The zero-order chi connectivity index (χ0) is 16.6. The van der Waals surface area contributed by atoms with E-state index in [0.717, 1.165) is 44.9 Å². The number of amides is 2. The first kappa shape index (κ1) is 15.6. The summed E-state index contributed by atoms with van der Waals surface area (Å²) in [4.78, 5) is 29.0. The smallest absolute Gasteiger partial charge is 0.242 e. The summed E-state index contributed by atoms with van der Waals surface area (Å²) in [7, 11) is 0. The van der Waals surface area contributed by atoms with Crippen LogP contribution in [0.3, 0.4) is 0 Å². The van der Waals surface area contributed by atoms with E-state index < -0.39 is 5.41 Å². The first-order valence-corrected chi connectivity index (χ1v) is 9.09. The van der Waals surface area contributed by atoms with Crippen molar-refractivity contribution in [2.24, 2.45) is 0 Å². The standard InChI is InChI=1S/C17H24N4O3/c22-14(18-11-4-1-2-5-11)10-13-20-16(24-21-13)17(8-3-9-17)15(23)19-12-6-7-12/h11-12H,1-10H2,(H,18,22)(H,19,23). The summed E-state index contributed by atoms with van der Waals surface area (Å²) in [5.74, 6) is 0.669. The second kappa shape index (κ2) is 6.18. The highest BCUT2D eigenvalue weighted by molar-refractivity contribution is 5.88. The van der Waals surface area contributed by atoms with E-state index in [1.807, 2.05) is 0 Å². The maximum Gasteiger partial charge on any atom is 0.242 e. The molecule has 3 fully saturated rings. The van der Waals surface area contributed by atoms with Crippen LogP contribution in [0.5, 0.6) is 0 Å². The van der Waals surface area contributed by atoms with Gasteiger partial charge in [-0.3, -0.25) is 9.59 Å². The summed E-state index contributed by atoms with van der Waals surface area (Å²) in [6.45, 7) is 0. The van der Waals surface area contributed by atoms with Gasteiger partial charge in [0.2, 0.25) is 17.7 Å². The third-order valence-corrected chi connectivity index (χ3v) is 5.47. The minimum atomic E-state index is -0.671. The Hall–Kier alpha value is -1.92. The van der Waals surface area contributed by atoms with Gasteiger partial charge in [-0.25, -0.2) is 0 Å². The van der Waals surface area contributed by atoms with E-state index in [-0.39, 0.29) is 24.3 Å². The van der Waals surface area contributed by atoms with E-state index in [1.54, 1.807) is 0 Å². The highest BCUT2D eigenvalue weighted by Gasteiger charge is 2.51. The molecule has 0 atom stereocenters. The molecule has 2 N–H and O–H groups in total. The number of rotatable bonds is 6. The molecule has 130 valence electrons. The number of hydrogen-bond donors (Lipinski definition) is 2. The van der Waals surface area contributed by atoms with Crippen molar-refractivity contribution in [2.45, 2.75) is 81.7 Å². The van der Waals surface area contributed by atoms with Crippen LogP contribution in [-0.2, 0) is 21.4 Å². The molecule has 2 amide bonds. The molecule has 0 saturated heterocycles. The number of carbonyl (C=O) groups excluding carboxylic acids is 2. The topological polar surface area (TPSA) is 97.1 Å². The second-order valence-electron chi connectivity index (χ2n) is 7.42. The molecule has 0 aromatic carbocycles. The highest BCUT2D eigenvalue weighted by Crippen LogP contribution is 2.43. The summed E-state index contributed by atoms with van der Waals surface area (Å²) in [6.07, 6.45) is 9.13. The zero-order valence-electron chi connectivity index (χ0n) is 13.8. The van der Waals surface area contributed by atoms with Crippen LogP contribution in [0.4, 0.5) is 0 Å². The Morgan fingerprint density at radius 3 is 2.38 bits per heavy atom. The fourth-order valence-corrected chi connectivity index (χ4v) is 3.63. The lowest BCUT2D eigenvalue weighted by molar-refractivity contribution is -0.131. The zero-order valence-corrected chi connectivity index (χ0v) is 13.8. The van der Waals surface area contributed by atoms with Gasteiger partial charge in [0, 0.05) is 12.1 Å². The van der Waals surface area contributed by atoms with Gasteiger partial charge in [0.05, 0.1) is 6.42 Å². The lowest BCUT2D eigenvalue weighted by atomic mass is 9.68. The number of aromatic nitrogens is 2. The van der Waals surface area contributed by atoms with Crippen LogP contribution in [0.2, 0.25) is 0 Å². The van der Waals surface area contributed by atoms with Crippen LogP contribution < -0.4 is 10.6 Å². The van der Waals surface area contributed by atoms with Gasteiger partial charge in [-0.1, -0.05) is 24.4 Å². The van der Waals surface area contributed by atoms with Crippen molar-refractivity contribution in [1.29, 1.82) is 0 Å². The molecular weight excluding hydrogens is 308 g/mol. The fourth-order valence-electron chi connectivity index (χ4n) is 3.63. The van der Waals surface area contributed by atoms with E-state index in [9.17, 15) is 9.59 Å². The van der Waals surface area contributed by atoms with Gasteiger partial charge in [-0.05, 0) is 38.5 Å². The van der Waals surface area contributed by atoms with Crippen molar-refractivity contribution in [3.05, 3.63) is 11.7 Å². The van der Waals surface area contributed by atoms with Crippen LogP contribution in [0.15, 0.2) is 4.52 Å². The van der Waals surface area contributed by atoms with E-state index in [1.165, 1.54) is 12.8 Å². The van der Waals surface area contributed by atoms with Gasteiger partial charge in [-0.15, -0.1) is 0 Å². The van der Waals surface area contributed by atoms with Crippen LogP contribution in [0.25, 0.3) is 0 Å². The first-order chi connectivity index (χ1) is 11.7. The summed E-state index contributed by atoms with van der Waals surface area (Å²) in [5, 5.41) is 10.00. The molecule has 1 aromatic rings. The Labute approximate surface area is 140 Å². The van der Waals surface area contributed by atoms with Crippen LogP contribution in [0.1, 0.15) is 69.5 Å². The third-order valence-electron chi connectivity index (χ3n) is 5.47. The van der Waals surface area contributed by atoms with Gasteiger partial charge in [0.1, 0.15) is 5.41 Å². The maximum absolute atomic E-state index is 12.5. The van der Waals surface area contributed by atoms with Gasteiger partial charge in [0.15, 0.2) is 5.82 Å². The molecule has 3 aliphatic carbocycles. The van der Waals surface area contributed by atoms with Crippen molar-refractivity contribution < 1.29 is 14.1 Å². The third kappa shape index (κ3) is 3.03. The van der Waals surface area contributed by atoms with E-state index in [4.69, 9.17) is 4.52 Å². The molecule has 4 rings (SSSR count). The van der Waals surface area contributed by atoms with Crippen molar-refractivity contribution in [2.75, 3.05) is 0 Å². The molecule has 1 aromatic heterocycles. The molecule has 24 heavy (non-hydrogen) atoms. The Morgan fingerprint density at radius 2 is 1.75 bits per heavy atom. The maximum atomic E-state index is 12.5. The molecule has 0 radical (unpaired) electrons. The van der Waals surface area contributed by atoms with E-state index in [0.29, 0.717) is 17.8 Å². The minimum absolute atomic E-state index is 0.00172. The normalized spacial score (nSPS) is 22.8. The van der Waals surface area contributed by atoms with Crippen LogP contribution in [0, 0.1) is 0 Å². The summed E-state index contributed by atoms with van der Waals surface area (Å²) in [6, 6.07) is 0.598. The molecule has 0 spiro atoms. The van der Waals surface area contributed by atoms with Crippen molar-refractivity contribution in [1.82, 2.24) is 20.8 Å². The molecule has 0 bridgehead atoms. The molecule has 3 aliphatic rings. The second-order valence-corrected chi connectivity index (χ2v) is 7.42. The number of hydrogen-bond acceptors (Lipinski definition) is 5. The minimum Gasteiger partial charge on any atom is -0.353 e.